The van der Waals surface area contributed by atoms with Gasteiger partial charge in [0.25, 0.3) is 0 Å². The van der Waals surface area contributed by atoms with E-state index in [1.54, 1.807) is 12.1 Å². The van der Waals surface area contributed by atoms with E-state index in [-0.39, 0.29) is 41.3 Å². The van der Waals surface area contributed by atoms with Gasteiger partial charge in [-0.3, -0.25) is 19.3 Å². The molecular weight excluding hydrogens is 370 g/mol. The van der Waals surface area contributed by atoms with Crippen LogP contribution in [0.15, 0.2) is 36.4 Å². The Kier molecular flexibility index (Phi) is 4.02. The van der Waals surface area contributed by atoms with Gasteiger partial charge in [-0.15, -0.1) is 0 Å². The van der Waals surface area contributed by atoms with E-state index in [1.165, 1.54) is 6.92 Å². The number of rotatable bonds is 5. The number of hydrogen-bond acceptors (Lipinski definition) is 5. The summed E-state index contributed by atoms with van der Waals surface area (Å²) in [4.78, 5) is 51.9. The van der Waals surface area contributed by atoms with Crippen molar-refractivity contribution in [2.24, 2.45) is 35.5 Å². The number of ketones is 1. The molecule has 0 aromatic heterocycles. The van der Waals surface area contributed by atoms with Crippen molar-refractivity contribution in [2.45, 2.75) is 26.3 Å². The molecule has 2 bridgehead atoms. The quantitative estimate of drug-likeness (QED) is 0.331. The standard InChI is InChI=1S/C23H23NO5/c1-11-3-5-13(6-4-11)18(25)10-29-23(28)12(2)24-21(26)19-14-7-8-15(17-9-16(14)17)20(19)22(24)27/h3-8,12,14-17,19-20H,9-10H2,1-2H3/t12-,14-,15-,16-,17-,19+,20+/m1/s1. The number of nitrogens with zero attached hydrogens (tertiary/aromatic N) is 1. The van der Waals surface area contributed by atoms with Gasteiger partial charge in [-0.2, -0.15) is 0 Å². The number of ether oxygens (including phenoxy) is 1. The summed E-state index contributed by atoms with van der Waals surface area (Å²) >= 11 is 0. The van der Waals surface area contributed by atoms with Crippen molar-refractivity contribution in [2.75, 3.05) is 6.61 Å². The number of esters is 1. The number of hydrogen-bond donors (Lipinski definition) is 0. The molecule has 6 heteroatoms. The first-order valence-corrected chi connectivity index (χ1v) is 10.2. The van der Waals surface area contributed by atoms with Crippen molar-refractivity contribution in [3.63, 3.8) is 0 Å². The van der Waals surface area contributed by atoms with Gasteiger partial charge in [-0.25, -0.2) is 4.79 Å². The van der Waals surface area contributed by atoms with Crippen molar-refractivity contribution >= 4 is 23.6 Å². The van der Waals surface area contributed by atoms with E-state index in [0.717, 1.165) is 16.9 Å². The molecule has 29 heavy (non-hydrogen) atoms. The monoisotopic (exact) mass is 393 g/mol. The first-order chi connectivity index (χ1) is 13.9. The lowest BCUT2D eigenvalue weighted by Gasteiger charge is -2.37. The van der Waals surface area contributed by atoms with Gasteiger partial charge < -0.3 is 4.74 Å². The van der Waals surface area contributed by atoms with Gasteiger partial charge in [0.05, 0.1) is 11.8 Å². The Balaban J connectivity index is 1.26. The third-order valence-corrected chi connectivity index (χ3v) is 7.14. The van der Waals surface area contributed by atoms with E-state index in [2.05, 4.69) is 12.2 Å². The van der Waals surface area contributed by atoms with Gasteiger partial charge in [0.15, 0.2) is 12.4 Å². The number of imide groups is 1. The van der Waals surface area contributed by atoms with E-state index < -0.39 is 18.6 Å². The average Bonchev–Trinajstić information content (AvgIpc) is 3.49. The fourth-order valence-corrected chi connectivity index (χ4v) is 5.55. The van der Waals surface area contributed by atoms with E-state index in [1.807, 2.05) is 19.1 Å². The molecule has 0 unspecified atom stereocenters. The van der Waals surface area contributed by atoms with Gasteiger partial charge in [-0.05, 0) is 43.9 Å². The van der Waals surface area contributed by atoms with Crippen LogP contribution in [0.4, 0.5) is 0 Å². The first kappa shape index (κ1) is 18.3. The molecule has 1 saturated heterocycles. The second kappa shape index (κ2) is 6.37. The topological polar surface area (TPSA) is 80.8 Å². The van der Waals surface area contributed by atoms with Crippen LogP contribution in [0.3, 0.4) is 0 Å². The normalized spacial score (nSPS) is 34.6. The van der Waals surface area contributed by atoms with E-state index in [4.69, 9.17) is 4.74 Å². The van der Waals surface area contributed by atoms with E-state index >= 15 is 0 Å². The fourth-order valence-electron chi connectivity index (χ4n) is 5.55. The van der Waals surface area contributed by atoms with Crippen molar-refractivity contribution < 1.29 is 23.9 Å². The Labute approximate surface area is 168 Å². The molecule has 1 aromatic carbocycles. The van der Waals surface area contributed by atoms with Crippen LogP contribution in [0, 0.1) is 42.4 Å². The Morgan fingerprint density at radius 3 is 2.14 bits per heavy atom. The lowest BCUT2D eigenvalue weighted by atomic mass is 9.63. The minimum atomic E-state index is -1.03. The van der Waals surface area contributed by atoms with E-state index in [0.29, 0.717) is 17.4 Å². The molecule has 0 spiro atoms. The van der Waals surface area contributed by atoms with Gasteiger partial charge in [0.1, 0.15) is 6.04 Å². The third kappa shape index (κ3) is 2.69. The van der Waals surface area contributed by atoms with Crippen LogP contribution in [0.5, 0.6) is 0 Å². The second-order valence-corrected chi connectivity index (χ2v) is 8.77. The first-order valence-electron chi connectivity index (χ1n) is 10.2. The predicted octanol–water partition coefficient (Wildman–Crippen LogP) is 2.16. The molecule has 6 rings (SSSR count). The molecule has 1 heterocycles. The zero-order chi connectivity index (χ0) is 20.4. The van der Waals surface area contributed by atoms with Crippen LogP contribution < -0.4 is 0 Å². The number of amides is 2. The van der Waals surface area contributed by atoms with Crippen molar-refractivity contribution in [1.29, 1.82) is 0 Å². The molecule has 1 aromatic rings. The number of aryl methyl sites for hydroxylation is 1. The number of likely N-dealkylation sites (tertiary alicyclic amines) is 1. The highest BCUT2D eigenvalue weighted by molar-refractivity contribution is 6.09. The lowest BCUT2D eigenvalue weighted by molar-refractivity contribution is -0.157. The smallest absolute Gasteiger partial charge is 0.329 e. The Morgan fingerprint density at radius 1 is 1.03 bits per heavy atom. The summed E-state index contributed by atoms with van der Waals surface area (Å²) in [5.74, 6) is -1.01. The summed E-state index contributed by atoms with van der Waals surface area (Å²) in [5.41, 5.74) is 1.48. The highest BCUT2D eigenvalue weighted by Gasteiger charge is 2.67. The molecule has 2 saturated carbocycles. The van der Waals surface area contributed by atoms with Crippen molar-refractivity contribution in [3.8, 4) is 0 Å². The van der Waals surface area contributed by atoms with Crippen LogP contribution in [0.1, 0.15) is 29.3 Å². The highest BCUT2D eigenvalue weighted by Crippen LogP contribution is 2.65. The maximum Gasteiger partial charge on any atom is 0.329 e. The molecule has 0 N–H and O–H groups in total. The van der Waals surface area contributed by atoms with Crippen LogP contribution in [-0.2, 0) is 19.1 Å². The molecule has 6 nitrogen and oxygen atoms in total. The van der Waals surface area contributed by atoms with Crippen LogP contribution in [0.2, 0.25) is 0 Å². The maximum atomic E-state index is 13.0. The summed E-state index contributed by atoms with van der Waals surface area (Å²) in [6, 6.07) is 5.96. The van der Waals surface area contributed by atoms with Crippen molar-refractivity contribution in [1.82, 2.24) is 4.90 Å². The fraction of sp³-hybridized carbons (Fsp3) is 0.478. The second-order valence-electron chi connectivity index (χ2n) is 8.77. The Hall–Kier alpha value is -2.76. The highest BCUT2D eigenvalue weighted by atomic mass is 16.5. The summed E-state index contributed by atoms with van der Waals surface area (Å²) in [5, 5.41) is 0. The lowest BCUT2D eigenvalue weighted by Crippen LogP contribution is -2.45. The number of carbonyl (C=O) groups is 4. The zero-order valence-corrected chi connectivity index (χ0v) is 16.4. The maximum absolute atomic E-state index is 13.0. The molecule has 1 aliphatic heterocycles. The molecule has 3 fully saturated rings. The van der Waals surface area contributed by atoms with Crippen molar-refractivity contribution in [3.05, 3.63) is 47.5 Å². The number of benzene rings is 1. The van der Waals surface area contributed by atoms with Gasteiger partial charge in [0, 0.05) is 5.56 Å². The van der Waals surface area contributed by atoms with E-state index in [9.17, 15) is 19.2 Å². The molecular formula is C23H23NO5. The number of carbonyl (C=O) groups excluding carboxylic acids is 4. The van der Waals surface area contributed by atoms with Crippen LogP contribution in [0.25, 0.3) is 0 Å². The summed E-state index contributed by atoms with van der Waals surface area (Å²) in [6.07, 6.45) is 5.28. The molecule has 0 radical (unpaired) electrons. The van der Waals surface area contributed by atoms with Gasteiger partial charge in [0.2, 0.25) is 11.8 Å². The zero-order valence-electron chi connectivity index (χ0n) is 16.4. The molecule has 2 amide bonds. The van der Waals surface area contributed by atoms with Crippen LogP contribution >= 0.6 is 0 Å². The third-order valence-electron chi connectivity index (χ3n) is 7.14. The molecule has 7 atom stereocenters. The van der Waals surface area contributed by atoms with Crippen LogP contribution in [-0.4, -0.2) is 41.1 Å². The summed E-state index contributed by atoms with van der Waals surface area (Å²) in [7, 11) is 0. The Morgan fingerprint density at radius 2 is 1.59 bits per heavy atom. The minimum absolute atomic E-state index is 0.114. The molecule has 5 aliphatic rings. The predicted molar refractivity (Wildman–Crippen MR) is 102 cm³/mol. The summed E-state index contributed by atoms with van der Waals surface area (Å²) < 4.78 is 5.16. The van der Waals surface area contributed by atoms with Gasteiger partial charge in [-0.1, -0.05) is 42.0 Å². The SMILES string of the molecule is Cc1ccc(C(=O)COC(=O)[C@@H](C)N2C(=O)[C@H]3[C@@H]4C=C[C@H]([C@H]5C[C@H]45)[C@@H]3C2=O)cc1. The molecule has 4 aliphatic carbocycles. The largest absolute Gasteiger partial charge is 0.456 e. The average molecular weight is 393 g/mol. The minimum Gasteiger partial charge on any atom is -0.456 e. The van der Waals surface area contributed by atoms with Gasteiger partial charge >= 0.3 is 5.97 Å². The summed E-state index contributed by atoms with van der Waals surface area (Å²) in [6.45, 7) is 3.01. The number of allylic oxidation sites excluding steroid dienone is 2. The number of Topliss-reactive ketones (excluding diaryl/α,β-unsaturated/α-hetero) is 1. The Bertz CT molecular complexity index is 913. The molecule has 150 valence electrons.